The fourth-order valence-electron chi connectivity index (χ4n) is 1.18. The van der Waals surface area contributed by atoms with Crippen LogP contribution in [0.5, 0.6) is 0 Å². The van der Waals surface area contributed by atoms with E-state index in [4.69, 9.17) is 0 Å². The van der Waals surface area contributed by atoms with Gasteiger partial charge in [0.15, 0.2) is 0 Å². The molecule has 0 aliphatic carbocycles. The summed E-state index contributed by atoms with van der Waals surface area (Å²) < 4.78 is 0. The molecule has 0 saturated heterocycles. The van der Waals surface area contributed by atoms with E-state index < -0.39 is 0 Å². The van der Waals surface area contributed by atoms with E-state index in [2.05, 4.69) is 16.9 Å². The van der Waals surface area contributed by atoms with Crippen LogP contribution in [0.1, 0.15) is 36.1 Å². The maximum absolute atomic E-state index is 11.5. The highest BCUT2D eigenvalue weighted by molar-refractivity contribution is 5.91. The number of unbranched alkanes of at least 4 members (excludes halogenated alkanes) is 1. The summed E-state index contributed by atoms with van der Waals surface area (Å²) in [7, 11) is 3.46. The summed E-state index contributed by atoms with van der Waals surface area (Å²) in [6.07, 6.45) is 4.76. The Balaban J connectivity index is 2.63. The van der Waals surface area contributed by atoms with Crippen molar-refractivity contribution in [1.29, 1.82) is 0 Å². The summed E-state index contributed by atoms with van der Waals surface area (Å²) >= 11 is 0. The number of H-pyrrole nitrogens is 1. The highest BCUT2D eigenvalue weighted by atomic mass is 16.2. The number of carbonyl (C=O) groups is 1. The van der Waals surface area contributed by atoms with Crippen LogP contribution >= 0.6 is 0 Å². The van der Waals surface area contributed by atoms with Gasteiger partial charge in [0.2, 0.25) is 0 Å². The first-order chi connectivity index (χ1) is 6.65. The molecule has 78 valence electrons. The van der Waals surface area contributed by atoms with Crippen LogP contribution in [0.25, 0.3) is 0 Å². The molecule has 1 amide bonds. The Morgan fingerprint density at radius 3 is 2.86 bits per heavy atom. The zero-order valence-corrected chi connectivity index (χ0v) is 9.00. The first kappa shape index (κ1) is 10.8. The molecule has 1 aromatic heterocycles. The van der Waals surface area contributed by atoms with Crippen LogP contribution in [-0.4, -0.2) is 34.9 Å². The van der Waals surface area contributed by atoms with Crippen molar-refractivity contribution in [3.63, 3.8) is 0 Å². The minimum absolute atomic E-state index is 0.0275. The lowest BCUT2D eigenvalue weighted by atomic mass is 10.2. The Morgan fingerprint density at radius 1 is 1.57 bits per heavy atom. The Bertz CT molecular complexity index is 304. The summed E-state index contributed by atoms with van der Waals surface area (Å²) in [6, 6.07) is 0. The third kappa shape index (κ3) is 2.58. The summed E-state index contributed by atoms with van der Waals surface area (Å²) in [5.41, 5.74) is 0.570. The molecule has 1 aromatic rings. The third-order valence-corrected chi connectivity index (χ3v) is 2.03. The van der Waals surface area contributed by atoms with Crippen LogP contribution in [-0.2, 0) is 6.42 Å². The van der Waals surface area contributed by atoms with Crippen molar-refractivity contribution >= 4 is 5.91 Å². The number of rotatable bonds is 4. The van der Waals surface area contributed by atoms with Crippen LogP contribution in [0.4, 0.5) is 0 Å². The zero-order valence-electron chi connectivity index (χ0n) is 9.00. The second-order valence-corrected chi connectivity index (χ2v) is 3.55. The van der Waals surface area contributed by atoms with Gasteiger partial charge in [0.25, 0.3) is 5.91 Å². The van der Waals surface area contributed by atoms with E-state index in [0.29, 0.717) is 5.69 Å². The molecule has 0 aromatic carbocycles. The van der Waals surface area contributed by atoms with Gasteiger partial charge in [0.1, 0.15) is 11.5 Å². The predicted octanol–water partition coefficient (Wildman–Crippen LogP) is 1.45. The number of nitrogens with one attached hydrogen (secondary N) is 1. The number of imidazole rings is 1. The highest BCUT2D eigenvalue weighted by Gasteiger charge is 2.10. The minimum Gasteiger partial charge on any atom is -0.343 e. The molecule has 1 N–H and O–H groups in total. The predicted molar refractivity (Wildman–Crippen MR) is 55.2 cm³/mol. The number of aromatic nitrogens is 2. The van der Waals surface area contributed by atoms with Crippen LogP contribution < -0.4 is 0 Å². The van der Waals surface area contributed by atoms with Crippen LogP contribution in [0.3, 0.4) is 0 Å². The number of aromatic amines is 1. The number of hydrogen-bond donors (Lipinski definition) is 1. The van der Waals surface area contributed by atoms with Crippen molar-refractivity contribution in [3.05, 3.63) is 17.7 Å². The van der Waals surface area contributed by atoms with E-state index in [1.807, 2.05) is 0 Å². The molecule has 0 atom stereocenters. The zero-order chi connectivity index (χ0) is 10.6. The van der Waals surface area contributed by atoms with Crippen molar-refractivity contribution in [2.24, 2.45) is 0 Å². The summed E-state index contributed by atoms with van der Waals surface area (Å²) in [4.78, 5) is 20.2. The lowest BCUT2D eigenvalue weighted by Crippen LogP contribution is -2.21. The Morgan fingerprint density at radius 2 is 2.29 bits per heavy atom. The van der Waals surface area contributed by atoms with Gasteiger partial charge >= 0.3 is 0 Å². The van der Waals surface area contributed by atoms with Gasteiger partial charge in [-0.1, -0.05) is 13.3 Å². The lowest BCUT2D eigenvalue weighted by Gasteiger charge is -2.07. The summed E-state index contributed by atoms with van der Waals surface area (Å²) in [5.74, 6) is 0.872. The lowest BCUT2D eigenvalue weighted by molar-refractivity contribution is 0.0822. The molecule has 0 bridgehead atoms. The molecular formula is C10H17N3O. The average molecular weight is 195 g/mol. The Hall–Kier alpha value is -1.32. The van der Waals surface area contributed by atoms with Gasteiger partial charge in [0.05, 0.1) is 6.20 Å². The van der Waals surface area contributed by atoms with Crippen molar-refractivity contribution in [2.75, 3.05) is 14.1 Å². The van der Waals surface area contributed by atoms with Gasteiger partial charge in [-0.05, 0) is 6.42 Å². The first-order valence-corrected chi connectivity index (χ1v) is 4.90. The minimum atomic E-state index is -0.0275. The molecule has 4 heteroatoms. The van der Waals surface area contributed by atoms with Gasteiger partial charge in [-0.2, -0.15) is 0 Å². The fraction of sp³-hybridized carbons (Fsp3) is 0.600. The largest absolute Gasteiger partial charge is 0.343 e. The maximum atomic E-state index is 11.5. The quantitative estimate of drug-likeness (QED) is 0.790. The van der Waals surface area contributed by atoms with Gasteiger partial charge in [0, 0.05) is 20.5 Å². The Kier molecular flexibility index (Phi) is 3.68. The molecule has 1 rings (SSSR count). The monoisotopic (exact) mass is 195 g/mol. The summed E-state index contributed by atoms with van der Waals surface area (Å²) in [5, 5.41) is 0. The van der Waals surface area contributed by atoms with E-state index in [0.717, 1.165) is 25.1 Å². The van der Waals surface area contributed by atoms with E-state index in [9.17, 15) is 4.79 Å². The van der Waals surface area contributed by atoms with Gasteiger partial charge in [-0.25, -0.2) is 4.98 Å². The number of amides is 1. The standard InChI is InChI=1S/C10H17N3O/c1-4-5-6-9-11-7-8(12-9)10(14)13(2)3/h7H,4-6H2,1-3H3,(H,11,12). The van der Waals surface area contributed by atoms with E-state index in [-0.39, 0.29) is 5.91 Å². The molecule has 0 aliphatic rings. The number of aryl methyl sites for hydroxylation is 1. The third-order valence-electron chi connectivity index (χ3n) is 2.03. The van der Waals surface area contributed by atoms with Crippen molar-refractivity contribution in [2.45, 2.75) is 26.2 Å². The second kappa shape index (κ2) is 4.79. The number of nitrogens with zero attached hydrogens (tertiary/aromatic N) is 2. The van der Waals surface area contributed by atoms with Crippen molar-refractivity contribution in [1.82, 2.24) is 14.9 Å². The van der Waals surface area contributed by atoms with Gasteiger partial charge in [-0.3, -0.25) is 4.79 Å². The molecule has 0 radical (unpaired) electrons. The van der Waals surface area contributed by atoms with Crippen molar-refractivity contribution in [3.8, 4) is 0 Å². The SMILES string of the molecule is CCCCc1ncc(C(=O)N(C)C)[nH]1. The molecular weight excluding hydrogens is 178 g/mol. The number of hydrogen-bond acceptors (Lipinski definition) is 2. The number of carbonyl (C=O) groups excluding carboxylic acids is 1. The molecule has 4 nitrogen and oxygen atoms in total. The first-order valence-electron chi connectivity index (χ1n) is 4.90. The van der Waals surface area contributed by atoms with Crippen LogP contribution in [0, 0.1) is 0 Å². The summed E-state index contributed by atoms with van der Waals surface area (Å²) in [6.45, 7) is 2.13. The average Bonchev–Trinajstić information content (AvgIpc) is 2.61. The fourth-order valence-corrected chi connectivity index (χ4v) is 1.18. The van der Waals surface area contributed by atoms with Gasteiger partial charge < -0.3 is 9.88 Å². The molecule has 0 spiro atoms. The van der Waals surface area contributed by atoms with E-state index >= 15 is 0 Å². The van der Waals surface area contributed by atoms with Crippen LogP contribution in [0.15, 0.2) is 6.20 Å². The van der Waals surface area contributed by atoms with E-state index in [1.54, 1.807) is 20.3 Å². The topological polar surface area (TPSA) is 49.0 Å². The second-order valence-electron chi connectivity index (χ2n) is 3.55. The van der Waals surface area contributed by atoms with Crippen molar-refractivity contribution < 1.29 is 4.79 Å². The van der Waals surface area contributed by atoms with E-state index in [1.165, 1.54) is 4.90 Å². The highest BCUT2D eigenvalue weighted by Crippen LogP contribution is 2.03. The molecule has 14 heavy (non-hydrogen) atoms. The Labute approximate surface area is 84.3 Å². The molecule has 0 fully saturated rings. The normalized spacial score (nSPS) is 10.2. The smallest absolute Gasteiger partial charge is 0.271 e. The maximum Gasteiger partial charge on any atom is 0.271 e. The molecule has 0 unspecified atom stereocenters. The molecule has 1 heterocycles. The molecule has 0 aliphatic heterocycles. The van der Waals surface area contributed by atoms with Gasteiger partial charge in [-0.15, -0.1) is 0 Å². The van der Waals surface area contributed by atoms with Crippen LogP contribution in [0.2, 0.25) is 0 Å². The molecule has 0 saturated carbocycles.